The zero-order valence-corrected chi connectivity index (χ0v) is 25.0. The molecule has 1 heterocycles. The maximum absolute atomic E-state index is 14.9. The Labute approximate surface area is 257 Å². The van der Waals surface area contributed by atoms with Crippen LogP contribution in [-0.2, 0) is 5.67 Å². The van der Waals surface area contributed by atoms with Crippen molar-refractivity contribution in [2.24, 2.45) is 0 Å². The van der Waals surface area contributed by atoms with E-state index in [0.717, 1.165) is 4.90 Å². The first-order chi connectivity index (χ1) is 18.7. The summed E-state index contributed by atoms with van der Waals surface area (Å²) >= 11 is 8.49. The van der Waals surface area contributed by atoms with E-state index in [2.05, 4.69) is 10.3 Å². The van der Waals surface area contributed by atoms with Crippen molar-refractivity contribution < 1.29 is 49.1 Å². The molecule has 0 aliphatic rings. The van der Waals surface area contributed by atoms with E-state index in [4.69, 9.17) is 11.6 Å². The Morgan fingerprint density at radius 2 is 1.46 bits per heavy atom. The van der Waals surface area contributed by atoms with Gasteiger partial charge in [0, 0.05) is 37.2 Å². The highest BCUT2D eigenvalue weighted by atomic mass is 127. The Morgan fingerprint density at radius 1 is 0.878 bits per heavy atom. The Balaban J connectivity index is 1.96. The molecular weight excluding hydrogens is 823 g/mol. The first kappa shape index (κ1) is 33.2. The fourth-order valence-electron chi connectivity index (χ4n) is 3.49. The van der Waals surface area contributed by atoms with Crippen LogP contribution in [-0.4, -0.2) is 42.1 Å². The number of hydrogen-bond donors (Lipinski definition) is 1. The highest BCUT2D eigenvalue weighted by Crippen LogP contribution is 2.58. The highest BCUT2D eigenvalue weighted by molar-refractivity contribution is 14.1. The predicted molar refractivity (Wildman–Crippen MR) is 148 cm³/mol. The minimum absolute atomic E-state index is 0.0645. The highest BCUT2D eigenvalue weighted by Gasteiger charge is 2.81. The molecule has 3 aromatic rings. The Bertz CT molecular complexity index is 1480. The van der Waals surface area contributed by atoms with Crippen LogP contribution < -0.4 is 10.2 Å². The molecule has 1 aromatic heterocycles. The van der Waals surface area contributed by atoms with Gasteiger partial charge in [-0.3, -0.25) is 9.59 Å². The van der Waals surface area contributed by atoms with Gasteiger partial charge in [0.2, 0.25) is 0 Å². The van der Waals surface area contributed by atoms with Gasteiger partial charge < -0.3 is 10.2 Å². The number of alkyl halides is 9. The molecule has 0 spiro atoms. The number of aromatic nitrogens is 1. The zero-order chi connectivity index (χ0) is 31.1. The summed E-state index contributed by atoms with van der Waals surface area (Å²) in [6.45, 7) is 0. The molecule has 3 rings (SSSR count). The number of pyridine rings is 1. The van der Waals surface area contributed by atoms with Gasteiger partial charge >= 0.3 is 23.9 Å². The average molecular weight is 836 g/mol. The SMILES string of the molecule is CN(C(=O)c1cccnc1Cl)c1cccc(C(=O)Nc2c(I)cc(C(F)(C(F)(F)F)C(F)(F)C(F)(F)F)cc2I)c1. The van der Waals surface area contributed by atoms with Gasteiger partial charge in [-0.05, 0) is 87.6 Å². The molecule has 0 aliphatic heterocycles. The molecule has 41 heavy (non-hydrogen) atoms. The fraction of sp³-hybridized carbons (Fsp3) is 0.208. The molecule has 0 fully saturated rings. The first-order valence-corrected chi connectivity index (χ1v) is 13.3. The summed E-state index contributed by atoms with van der Waals surface area (Å²) in [7, 11) is 1.38. The largest absolute Gasteiger partial charge is 0.457 e. The van der Waals surface area contributed by atoms with Crippen molar-refractivity contribution in [3.8, 4) is 0 Å². The lowest BCUT2D eigenvalue weighted by Gasteiger charge is -2.36. The van der Waals surface area contributed by atoms with Crippen LogP contribution in [0.15, 0.2) is 54.7 Å². The van der Waals surface area contributed by atoms with E-state index in [0.29, 0.717) is 0 Å². The normalized spacial score (nSPS) is 13.9. The summed E-state index contributed by atoms with van der Waals surface area (Å²) in [4.78, 5) is 30.7. The fourth-order valence-corrected chi connectivity index (χ4v) is 5.73. The van der Waals surface area contributed by atoms with Gasteiger partial charge in [-0.15, -0.1) is 0 Å². The van der Waals surface area contributed by atoms with E-state index in [1.165, 1.54) is 94.8 Å². The topological polar surface area (TPSA) is 62.3 Å². The molecule has 220 valence electrons. The Morgan fingerprint density at radius 3 is 1.98 bits per heavy atom. The summed E-state index contributed by atoms with van der Waals surface area (Å²) < 4.78 is 121. The molecule has 1 unspecified atom stereocenters. The maximum Gasteiger partial charge on any atom is 0.457 e. The third kappa shape index (κ3) is 6.23. The molecule has 0 saturated heterocycles. The smallest absolute Gasteiger partial charge is 0.320 e. The van der Waals surface area contributed by atoms with Crippen molar-refractivity contribution in [3.05, 3.63) is 83.7 Å². The number of amides is 2. The summed E-state index contributed by atoms with van der Waals surface area (Å²) in [5.41, 5.74) is -8.21. The van der Waals surface area contributed by atoms with Crippen molar-refractivity contribution in [3.63, 3.8) is 0 Å². The van der Waals surface area contributed by atoms with Gasteiger partial charge in [0.15, 0.2) is 0 Å². The number of carbonyl (C=O) groups excluding carboxylic acids is 2. The van der Waals surface area contributed by atoms with E-state index >= 15 is 0 Å². The van der Waals surface area contributed by atoms with Crippen LogP contribution in [0.2, 0.25) is 5.15 Å². The van der Waals surface area contributed by atoms with Crippen LogP contribution in [0.25, 0.3) is 0 Å². The number of halogens is 12. The maximum atomic E-state index is 14.9. The molecule has 0 saturated carbocycles. The van der Waals surface area contributed by atoms with Crippen LogP contribution >= 0.6 is 56.8 Å². The van der Waals surface area contributed by atoms with E-state index < -0.39 is 48.5 Å². The van der Waals surface area contributed by atoms with Crippen LogP contribution in [0, 0.1) is 7.14 Å². The molecule has 2 aromatic carbocycles. The molecule has 5 nitrogen and oxygen atoms in total. The lowest BCUT2D eigenvalue weighted by molar-refractivity contribution is -0.389. The van der Waals surface area contributed by atoms with Crippen LogP contribution in [0.3, 0.4) is 0 Å². The molecule has 2 amide bonds. The van der Waals surface area contributed by atoms with Crippen molar-refractivity contribution in [2.75, 3.05) is 17.3 Å². The van der Waals surface area contributed by atoms with Crippen molar-refractivity contribution in [1.29, 1.82) is 0 Å². The minimum Gasteiger partial charge on any atom is -0.320 e. The first-order valence-electron chi connectivity index (χ1n) is 10.7. The summed E-state index contributed by atoms with van der Waals surface area (Å²) in [6, 6.07) is 8.65. The second-order valence-corrected chi connectivity index (χ2v) is 10.9. The summed E-state index contributed by atoms with van der Waals surface area (Å²) in [5.74, 6) is -8.30. The molecule has 0 bridgehead atoms. The van der Waals surface area contributed by atoms with Crippen molar-refractivity contribution >= 4 is 80.0 Å². The summed E-state index contributed by atoms with van der Waals surface area (Å²) in [6.07, 6.45) is -12.2. The molecule has 1 atom stereocenters. The molecule has 1 N–H and O–H groups in total. The van der Waals surface area contributed by atoms with Crippen LogP contribution in [0.4, 0.5) is 50.9 Å². The third-order valence-corrected chi connectivity index (χ3v) is 7.65. The van der Waals surface area contributed by atoms with Crippen molar-refractivity contribution in [1.82, 2.24) is 4.98 Å². The van der Waals surface area contributed by atoms with E-state index in [1.807, 2.05) is 0 Å². The molecule has 17 heteroatoms. The second-order valence-electron chi connectivity index (χ2n) is 8.25. The number of hydrogen-bond acceptors (Lipinski definition) is 3. The van der Waals surface area contributed by atoms with E-state index in [9.17, 15) is 49.1 Å². The van der Waals surface area contributed by atoms with Gasteiger partial charge in [-0.1, -0.05) is 17.7 Å². The van der Waals surface area contributed by atoms with Gasteiger partial charge in [0.05, 0.1) is 11.3 Å². The third-order valence-electron chi connectivity index (χ3n) is 5.65. The average Bonchev–Trinajstić information content (AvgIpc) is 2.88. The van der Waals surface area contributed by atoms with Crippen LogP contribution in [0.1, 0.15) is 26.3 Å². The van der Waals surface area contributed by atoms with Crippen molar-refractivity contribution in [2.45, 2.75) is 23.9 Å². The predicted octanol–water partition coefficient (Wildman–Crippen LogP) is 8.40. The molecule has 0 aliphatic carbocycles. The van der Waals surface area contributed by atoms with Gasteiger partial charge in [0.1, 0.15) is 5.15 Å². The van der Waals surface area contributed by atoms with Gasteiger partial charge in [-0.2, -0.15) is 35.1 Å². The lowest BCUT2D eigenvalue weighted by Crippen LogP contribution is -2.59. The van der Waals surface area contributed by atoms with Crippen LogP contribution in [0.5, 0.6) is 0 Å². The minimum atomic E-state index is -6.87. The second kappa shape index (κ2) is 11.7. The number of benzene rings is 2. The monoisotopic (exact) mass is 835 g/mol. The standard InChI is InChI=1S/C24H13ClF9I2N3O2/c1-39(20(41)14-6-3-7-37-18(14)25)13-5-2-4-11(8-13)19(40)38-17-15(35)9-12(10-16(17)36)21(26,23(29,30)31)22(27,28)24(32,33)34/h2-10H,1H3,(H,38,40). The lowest BCUT2D eigenvalue weighted by atomic mass is 9.87. The summed E-state index contributed by atoms with van der Waals surface area (Å²) in [5, 5.41) is 2.25. The van der Waals surface area contributed by atoms with Gasteiger partial charge in [0.25, 0.3) is 11.8 Å². The number of nitrogens with zero attached hydrogens (tertiary/aromatic N) is 2. The number of nitrogens with one attached hydrogen (secondary N) is 1. The Hall–Kier alpha value is -2.35. The zero-order valence-electron chi connectivity index (χ0n) is 19.9. The van der Waals surface area contributed by atoms with E-state index in [-0.39, 0.29) is 39.8 Å². The quantitative estimate of drug-likeness (QED) is 0.154. The number of carbonyl (C=O) groups is 2. The number of anilines is 2. The number of rotatable bonds is 6. The molecular formula is C24H13ClF9I2N3O2. The van der Waals surface area contributed by atoms with Gasteiger partial charge in [-0.25, -0.2) is 9.37 Å². The van der Waals surface area contributed by atoms with E-state index in [1.54, 1.807) is 0 Å². The molecule has 0 radical (unpaired) electrons. The Kier molecular flexibility index (Phi) is 9.49.